The summed E-state index contributed by atoms with van der Waals surface area (Å²) in [6, 6.07) is 4.94. The van der Waals surface area contributed by atoms with E-state index in [-0.39, 0.29) is 0 Å². The Balaban J connectivity index is 2.05. The molecule has 0 aliphatic carbocycles. The first-order chi connectivity index (χ1) is 10.1. The van der Waals surface area contributed by atoms with Crippen molar-refractivity contribution in [3.8, 4) is 5.75 Å². The molecule has 0 unspecified atom stereocenters. The summed E-state index contributed by atoms with van der Waals surface area (Å²) in [5.74, 6) is 0.959. The third kappa shape index (κ3) is 3.75. The van der Waals surface area contributed by atoms with Crippen LogP contribution in [0.2, 0.25) is 0 Å². The number of hydrogen-bond donors (Lipinski definition) is 1. The third-order valence-corrected chi connectivity index (χ3v) is 3.01. The number of ether oxygens (including phenoxy) is 2. The lowest BCUT2D eigenvalue weighted by Crippen LogP contribution is -2.12. The van der Waals surface area contributed by atoms with Crippen LogP contribution in [0.25, 0.3) is 0 Å². The van der Waals surface area contributed by atoms with E-state index in [4.69, 9.17) is 15.2 Å². The van der Waals surface area contributed by atoms with Gasteiger partial charge in [-0.2, -0.15) is 0 Å². The van der Waals surface area contributed by atoms with Gasteiger partial charge in [-0.1, -0.05) is 0 Å². The second-order valence-electron chi connectivity index (χ2n) is 4.49. The Bertz CT molecular complexity index is 622. The van der Waals surface area contributed by atoms with Gasteiger partial charge in [0.1, 0.15) is 23.7 Å². The van der Waals surface area contributed by atoms with Crippen molar-refractivity contribution in [1.82, 2.24) is 9.55 Å². The number of nitrogen functional groups attached to an aromatic ring is 1. The highest BCUT2D eigenvalue weighted by atomic mass is 16.5. The lowest BCUT2D eigenvalue weighted by atomic mass is 10.2. The number of hydrogen-bond acceptors (Lipinski definition) is 5. The van der Waals surface area contributed by atoms with E-state index in [2.05, 4.69) is 4.98 Å². The van der Waals surface area contributed by atoms with Crippen LogP contribution in [-0.2, 0) is 11.3 Å². The molecule has 0 spiro atoms. The van der Waals surface area contributed by atoms with Crippen molar-refractivity contribution in [3.05, 3.63) is 42.0 Å². The van der Waals surface area contributed by atoms with E-state index in [1.165, 1.54) is 0 Å². The zero-order chi connectivity index (χ0) is 15.2. The first-order valence-electron chi connectivity index (χ1n) is 6.79. The Morgan fingerprint density at radius 3 is 2.90 bits per heavy atom. The summed E-state index contributed by atoms with van der Waals surface area (Å²) >= 11 is 0. The summed E-state index contributed by atoms with van der Waals surface area (Å²) < 4.78 is 12.7. The van der Waals surface area contributed by atoms with Gasteiger partial charge in [-0.05, 0) is 32.0 Å². The van der Waals surface area contributed by atoms with Gasteiger partial charge in [0.05, 0.1) is 13.2 Å². The number of aryl methyl sites for hydroxylation is 1. The van der Waals surface area contributed by atoms with Crippen molar-refractivity contribution in [1.29, 1.82) is 0 Å². The van der Waals surface area contributed by atoms with Crippen LogP contribution in [0.4, 0.5) is 5.69 Å². The molecule has 0 fully saturated rings. The number of benzene rings is 1. The van der Waals surface area contributed by atoms with Crippen LogP contribution < -0.4 is 10.5 Å². The second kappa shape index (κ2) is 6.78. The number of rotatable bonds is 6. The fourth-order valence-electron chi connectivity index (χ4n) is 1.94. The minimum absolute atomic E-state index is 0.307. The average molecular weight is 289 g/mol. The molecule has 1 aromatic heterocycles. The molecule has 0 bridgehead atoms. The van der Waals surface area contributed by atoms with Gasteiger partial charge in [-0.25, -0.2) is 9.78 Å². The van der Waals surface area contributed by atoms with Crippen molar-refractivity contribution >= 4 is 11.7 Å². The summed E-state index contributed by atoms with van der Waals surface area (Å²) in [6.07, 6.45) is 3.62. The molecule has 0 aliphatic heterocycles. The van der Waals surface area contributed by atoms with E-state index in [9.17, 15) is 4.79 Å². The van der Waals surface area contributed by atoms with Crippen molar-refractivity contribution in [2.75, 3.05) is 18.9 Å². The van der Waals surface area contributed by atoms with Gasteiger partial charge in [0.15, 0.2) is 0 Å². The van der Waals surface area contributed by atoms with Crippen LogP contribution in [0, 0.1) is 6.92 Å². The number of imidazole rings is 1. The molecular weight excluding hydrogens is 270 g/mol. The van der Waals surface area contributed by atoms with Crippen LogP contribution in [0.5, 0.6) is 5.75 Å². The number of esters is 1. The van der Waals surface area contributed by atoms with Gasteiger partial charge < -0.3 is 19.8 Å². The highest BCUT2D eigenvalue weighted by molar-refractivity contribution is 5.93. The minimum atomic E-state index is -0.432. The molecule has 1 aromatic carbocycles. The van der Waals surface area contributed by atoms with Crippen LogP contribution in [0.1, 0.15) is 23.1 Å². The predicted octanol–water partition coefficient (Wildman–Crippen LogP) is 2.03. The summed E-state index contributed by atoms with van der Waals surface area (Å²) in [5.41, 5.74) is 6.55. The number of aromatic nitrogens is 2. The van der Waals surface area contributed by atoms with Crippen molar-refractivity contribution in [2.24, 2.45) is 0 Å². The zero-order valence-corrected chi connectivity index (χ0v) is 12.2. The molecule has 6 nitrogen and oxygen atoms in total. The van der Waals surface area contributed by atoms with Crippen LogP contribution in [0.3, 0.4) is 0 Å². The number of anilines is 1. The molecule has 0 saturated carbocycles. The van der Waals surface area contributed by atoms with Crippen LogP contribution in [0.15, 0.2) is 30.6 Å². The van der Waals surface area contributed by atoms with Gasteiger partial charge in [-0.15, -0.1) is 0 Å². The average Bonchev–Trinajstić information content (AvgIpc) is 2.86. The quantitative estimate of drug-likeness (QED) is 0.650. The van der Waals surface area contributed by atoms with Crippen molar-refractivity contribution in [2.45, 2.75) is 20.4 Å². The molecule has 0 aliphatic rings. The molecule has 0 radical (unpaired) electrons. The lowest BCUT2D eigenvalue weighted by molar-refractivity contribution is 0.0521. The van der Waals surface area contributed by atoms with E-state index >= 15 is 0 Å². The first kappa shape index (κ1) is 14.9. The molecule has 2 aromatic rings. The maximum atomic E-state index is 11.9. The van der Waals surface area contributed by atoms with Gasteiger partial charge in [-0.3, -0.25) is 0 Å². The topological polar surface area (TPSA) is 79.4 Å². The Kier molecular flexibility index (Phi) is 4.81. The summed E-state index contributed by atoms with van der Waals surface area (Å²) in [7, 11) is 0. The van der Waals surface area contributed by atoms with E-state index in [1.807, 2.05) is 17.7 Å². The van der Waals surface area contributed by atoms with E-state index in [1.54, 1.807) is 31.3 Å². The standard InChI is InChI=1S/C15H19N3O3/c1-3-20-15(19)13-10-12(16)4-5-14(13)21-9-8-18-7-6-17-11(18)2/h4-7,10H,3,8-9,16H2,1-2H3. The third-order valence-electron chi connectivity index (χ3n) is 3.01. The molecule has 0 amide bonds. The largest absolute Gasteiger partial charge is 0.491 e. The molecule has 2 rings (SSSR count). The minimum Gasteiger partial charge on any atom is -0.491 e. The maximum Gasteiger partial charge on any atom is 0.341 e. The molecule has 0 saturated heterocycles. The van der Waals surface area contributed by atoms with Crippen molar-refractivity contribution in [3.63, 3.8) is 0 Å². The smallest absolute Gasteiger partial charge is 0.341 e. The normalized spacial score (nSPS) is 10.4. The molecule has 112 valence electrons. The number of nitrogens with two attached hydrogens (primary N) is 1. The Labute approximate surface area is 123 Å². The summed E-state index contributed by atoms with van der Waals surface area (Å²) in [5, 5.41) is 0. The molecular formula is C15H19N3O3. The molecule has 21 heavy (non-hydrogen) atoms. The number of carbonyl (C=O) groups excluding carboxylic acids is 1. The van der Waals surface area contributed by atoms with Crippen molar-refractivity contribution < 1.29 is 14.3 Å². The van der Waals surface area contributed by atoms with Crippen LogP contribution >= 0.6 is 0 Å². The summed E-state index contributed by atoms with van der Waals surface area (Å²) in [6.45, 7) is 5.06. The Morgan fingerprint density at radius 1 is 1.43 bits per heavy atom. The Hall–Kier alpha value is -2.50. The second-order valence-corrected chi connectivity index (χ2v) is 4.49. The molecule has 1 heterocycles. The van der Waals surface area contributed by atoms with Gasteiger partial charge in [0.25, 0.3) is 0 Å². The molecule has 6 heteroatoms. The highest BCUT2D eigenvalue weighted by Crippen LogP contribution is 2.22. The maximum absolute atomic E-state index is 11.9. The fraction of sp³-hybridized carbons (Fsp3) is 0.333. The monoisotopic (exact) mass is 289 g/mol. The van der Waals surface area contributed by atoms with Crippen LogP contribution in [-0.4, -0.2) is 28.7 Å². The molecule has 2 N–H and O–H groups in total. The SMILES string of the molecule is CCOC(=O)c1cc(N)ccc1OCCn1ccnc1C. The first-order valence-corrected chi connectivity index (χ1v) is 6.79. The highest BCUT2D eigenvalue weighted by Gasteiger charge is 2.14. The number of nitrogens with zero attached hydrogens (tertiary/aromatic N) is 2. The van der Waals surface area contributed by atoms with Gasteiger partial charge >= 0.3 is 5.97 Å². The lowest BCUT2D eigenvalue weighted by Gasteiger charge is -2.12. The predicted molar refractivity (Wildman–Crippen MR) is 79.3 cm³/mol. The Morgan fingerprint density at radius 2 is 2.24 bits per heavy atom. The fourth-order valence-corrected chi connectivity index (χ4v) is 1.94. The van der Waals surface area contributed by atoms with E-state index < -0.39 is 5.97 Å². The van der Waals surface area contributed by atoms with Gasteiger partial charge in [0.2, 0.25) is 0 Å². The van der Waals surface area contributed by atoms with E-state index in [0.717, 1.165) is 5.82 Å². The zero-order valence-electron chi connectivity index (χ0n) is 12.2. The number of carbonyl (C=O) groups is 1. The van der Waals surface area contributed by atoms with E-state index in [0.29, 0.717) is 36.8 Å². The van der Waals surface area contributed by atoms with Gasteiger partial charge in [0, 0.05) is 18.1 Å². The molecule has 0 atom stereocenters. The summed E-state index contributed by atoms with van der Waals surface area (Å²) in [4.78, 5) is 16.0.